The average molecular weight is 409 g/mol. The Labute approximate surface area is 171 Å². The van der Waals surface area contributed by atoms with E-state index >= 15 is 0 Å². The number of nitrogens with two attached hydrogens (primary N) is 1. The van der Waals surface area contributed by atoms with Gasteiger partial charge in [0, 0.05) is 18.7 Å². The van der Waals surface area contributed by atoms with Crippen LogP contribution in [0.2, 0.25) is 0 Å². The molecule has 0 fully saturated rings. The predicted molar refractivity (Wildman–Crippen MR) is 114 cm³/mol. The summed E-state index contributed by atoms with van der Waals surface area (Å²) in [6.45, 7) is 3.03. The molecular formula is C23H24N2O3S. The lowest BCUT2D eigenvalue weighted by atomic mass is 10.1. The van der Waals surface area contributed by atoms with Crippen molar-refractivity contribution in [2.75, 3.05) is 6.54 Å². The van der Waals surface area contributed by atoms with Crippen molar-refractivity contribution in [2.45, 2.75) is 24.9 Å². The first-order chi connectivity index (χ1) is 13.8. The highest BCUT2D eigenvalue weighted by Gasteiger charge is 2.18. The number of hydrogen-bond acceptors (Lipinski definition) is 4. The fourth-order valence-corrected chi connectivity index (χ4v) is 4.03. The van der Waals surface area contributed by atoms with E-state index in [0.717, 1.165) is 11.1 Å². The number of Topliss-reactive ketones (excluding diaryl/α,β-unsaturated/α-hetero) is 1. The maximum Gasteiger partial charge on any atom is 0.238 e. The first kappa shape index (κ1) is 20.9. The lowest BCUT2D eigenvalue weighted by molar-refractivity contribution is 0.0920. The molecule has 0 saturated heterocycles. The lowest BCUT2D eigenvalue weighted by Gasteiger charge is -2.22. The SMILES string of the molecule is Cc1ccc(C(=O)CN(Cc2ccccc2)Cc2ccccc2)cc1S(N)(=O)=O. The molecule has 150 valence electrons. The van der Waals surface area contributed by atoms with E-state index in [2.05, 4.69) is 0 Å². The van der Waals surface area contributed by atoms with Crippen molar-refractivity contribution < 1.29 is 13.2 Å². The lowest BCUT2D eigenvalue weighted by Crippen LogP contribution is -2.29. The Balaban J connectivity index is 1.84. The molecule has 0 spiro atoms. The number of sulfonamides is 1. The standard InChI is InChI=1S/C23H24N2O3S/c1-18-12-13-21(14-23(18)29(24,27)28)22(26)17-25(15-19-8-4-2-5-9-19)16-20-10-6-3-7-11-20/h2-14H,15-17H2,1H3,(H2,24,27,28). The molecule has 5 nitrogen and oxygen atoms in total. The highest BCUT2D eigenvalue weighted by molar-refractivity contribution is 7.89. The van der Waals surface area contributed by atoms with E-state index in [1.165, 1.54) is 6.07 Å². The Morgan fingerprint density at radius 2 is 1.38 bits per heavy atom. The van der Waals surface area contributed by atoms with E-state index in [1.54, 1.807) is 19.1 Å². The Bertz CT molecular complexity index is 1040. The summed E-state index contributed by atoms with van der Waals surface area (Å²) < 4.78 is 23.6. The van der Waals surface area contributed by atoms with E-state index in [0.29, 0.717) is 24.2 Å². The molecular weight excluding hydrogens is 384 g/mol. The molecule has 0 aliphatic heterocycles. The molecule has 3 aromatic rings. The fourth-order valence-electron chi connectivity index (χ4n) is 3.23. The first-order valence-corrected chi connectivity index (χ1v) is 10.8. The Morgan fingerprint density at radius 1 is 0.862 bits per heavy atom. The van der Waals surface area contributed by atoms with Gasteiger partial charge in [0.25, 0.3) is 0 Å². The molecule has 3 rings (SSSR count). The summed E-state index contributed by atoms with van der Waals surface area (Å²) in [6.07, 6.45) is 0. The third kappa shape index (κ3) is 5.84. The summed E-state index contributed by atoms with van der Waals surface area (Å²) >= 11 is 0. The number of nitrogens with zero attached hydrogens (tertiary/aromatic N) is 1. The van der Waals surface area contributed by atoms with E-state index in [9.17, 15) is 13.2 Å². The Morgan fingerprint density at radius 3 is 1.86 bits per heavy atom. The zero-order valence-corrected chi connectivity index (χ0v) is 17.1. The van der Waals surface area contributed by atoms with Crippen molar-refractivity contribution in [3.63, 3.8) is 0 Å². The molecule has 0 atom stereocenters. The van der Waals surface area contributed by atoms with Gasteiger partial charge < -0.3 is 0 Å². The van der Waals surface area contributed by atoms with E-state index in [-0.39, 0.29) is 17.2 Å². The van der Waals surface area contributed by atoms with Crippen LogP contribution in [0.15, 0.2) is 83.8 Å². The molecule has 0 aromatic heterocycles. The van der Waals surface area contributed by atoms with Gasteiger partial charge in [0.2, 0.25) is 10.0 Å². The number of primary sulfonamides is 1. The maximum absolute atomic E-state index is 12.9. The van der Waals surface area contributed by atoms with Crippen molar-refractivity contribution in [3.8, 4) is 0 Å². The molecule has 0 bridgehead atoms. The largest absolute Gasteiger partial charge is 0.293 e. The Hall–Kier alpha value is -2.80. The summed E-state index contributed by atoms with van der Waals surface area (Å²) in [6, 6.07) is 24.5. The topological polar surface area (TPSA) is 80.5 Å². The van der Waals surface area contributed by atoms with Crippen LogP contribution in [-0.2, 0) is 23.1 Å². The van der Waals surface area contributed by atoms with Gasteiger partial charge in [-0.1, -0.05) is 72.8 Å². The number of benzene rings is 3. The van der Waals surface area contributed by atoms with Crippen molar-refractivity contribution in [1.29, 1.82) is 0 Å². The van der Waals surface area contributed by atoms with Gasteiger partial charge in [0.1, 0.15) is 0 Å². The first-order valence-electron chi connectivity index (χ1n) is 9.30. The molecule has 2 N–H and O–H groups in total. The zero-order valence-electron chi connectivity index (χ0n) is 16.3. The summed E-state index contributed by atoms with van der Waals surface area (Å²) in [5.41, 5.74) is 3.07. The quantitative estimate of drug-likeness (QED) is 0.578. The molecule has 3 aromatic carbocycles. The van der Waals surface area contributed by atoms with Crippen LogP contribution in [0.3, 0.4) is 0 Å². The van der Waals surface area contributed by atoms with Gasteiger partial charge in [-0.05, 0) is 29.7 Å². The molecule has 0 aliphatic carbocycles. The van der Waals surface area contributed by atoms with E-state index in [4.69, 9.17) is 5.14 Å². The summed E-state index contributed by atoms with van der Waals surface area (Å²) in [5.74, 6) is -0.151. The minimum Gasteiger partial charge on any atom is -0.293 e. The molecule has 0 saturated carbocycles. The van der Waals surface area contributed by atoms with E-state index in [1.807, 2.05) is 65.6 Å². The fraction of sp³-hybridized carbons (Fsp3) is 0.174. The number of carbonyl (C=O) groups excluding carboxylic acids is 1. The van der Waals surface area contributed by atoms with Gasteiger partial charge in [-0.25, -0.2) is 13.6 Å². The molecule has 29 heavy (non-hydrogen) atoms. The van der Waals surface area contributed by atoms with Crippen LogP contribution < -0.4 is 5.14 Å². The van der Waals surface area contributed by atoms with Crippen LogP contribution >= 0.6 is 0 Å². The monoisotopic (exact) mass is 408 g/mol. The molecule has 0 radical (unpaired) electrons. The minimum absolute atomic E-state index is 0.0129. The minimum atomic E-state index is -3.88. The highest BCUT2D eigenvalue weighted by atomic mass is 32.2. The van der Waals surface area contributed by atoms with Crippen LogP contribution in [0.5, 0.6) is 0 Å². The number of rotatable bonds is 8. The number of carbonyl (C=O) groups is 1. The number of hydrogen-bond donors (Lipinski definition) is 1. The van der Waals surface area contributed by atoms with E-state index < -0.39 is 10.0 Å². The second-order valence-electron chi connectivity index (χ2n) is 7.06. The smallest absolute Gasteiger partial charge is 0.238 e. The maximum atomic E-state index is 12.9. The predicted octanol–water partition coefficient (Wildman–Crippen LogP) is 3.53. The third-order valence-corrected chi connectivity index (χ3v) is 5.73. The normalized spacial score (nSPS) is 11.6. The third-order valence-electron chi connectivity index (χ3n) is 4.68. The second kappa shape index (κ2) is 9.13. The molecule has 0 heterocycles. The van der Waals surface area contributed by atoms with Crippen molar-refractivity contribution in [3.05, 3.63) is 101 Å². The Kier molecular flexibility index (Phi) is 6.59. The molecule has 0 amide bonds. The van der Waals surface area contributed by atoms with Gasteiger partial charge in [0.05, 0.1) is 11.4 Å². The zero-order chi connectivity index (χ0) is 20.9. The van der Waals surface area contributed by atoms with Gasteiger partial charge in [-0.3, -0.25) is 9.69 Å². The van der Waals surface area contributed by atoms with Crippen LogP contribution in [0.4, 0.5) is 0 Å². The number of ketones is 1. The van der Waals surface area contributed by atoms with Crippen molar-refractivity contribution in [2.24, 2.45) is 5.14 Å². The van der Waals surface area contributed by atoms with Gasteiger partial charge >= 0.3 is 0 Å². The molecule has 0 unspecified atom stereocenters. The summed E-state index contributed by atoms with van der Waals surface area (Å²) in [7, 11) is -3.88. The van der Waals surface area contributed by atoms with Crippen LogP contribution in [0.25, 0.3) is 0 Å². The molecule has 0 aliphatic rings. The van der Waals surface area contributed by atoms with Crippen LogP contribution in [0, 0.1) is 6.92 Å². The van der Waals surface area contributed by atoms with Gasteiger partial charge in [0.15, 0.2) is 5.78 Å². The summed E-state index contributed by atoms with van der Waals surface area (Å²) in [4.78, 5) is 15.0. The van der Waals surface area contributed by atoms with Crippen molar-refractivity contribution in [1.82, 2.24) is 4.90 Å². The second-order valence-corrected chi connectivity index (χ2v) is 8.59. The number of aryl methyl sites for hydroxylation is 1. The van der Waals surface area contributed by atoms with Crippen LogP contribution in [-0.4, -0.2) is 25.6 Å². The highest BCUT2D eigenvalue weighted by Crippen LogP contribution is 2.17. The van der Waals surface area contributed by atoms with Crippen molar-refractivity contribution >= 4 is 15.8 Å². The molecule has 6 heteroatoms. The summed E-state index contributed by atoms with van der Waals surface area (Å²) in [5, 5.41) is 5.28. The van der Waals surface area contributed by atoms with Gasteiger partial charge in [-0.15, -0.1) is 0 Å². The van der Waals surface area contributed by atoms with Crippen LogP contribution in [0.1, 0.15) is 27.0 Å². The van der Waals surface area contributed by atoms with Gasteiger partial charge in [-0.2, -0.15) is 0 Å². The average Bonchev–Trinajstić information content (AvgIpc) is 2.69.